The summed E-state index contributed by atoms with van der Waals surface area (Å²) in [6.45, 7) is 0. The monoisotopic (exact) mass is 326 g/mol. The van der Waals surface area contributed by atoms with Gasteiger partial charge in [-0.1, -0.05) is 12.2 Å². The van der Waals surface area contributed by atoms with Crippen molar-refractivity contribution in [2.75, 3.05) is 14.2 Å². The predicted octanol–water partition coefficient (Wildman–Crippen LogP) is 4.04. The third kappa shape index (κ3) is 7.01. The summed E-state index contributed by atoms with van der Waals surface area (Å²) in [5.74, 6) is 0. The molecule has 0 radical (unpaired) electrons. The fourth-order valence-corrected chi connectivity index (χ4v) is 4.50. The molecule has 1 saturated carbocycles. The molecule has 0 aromatic carbocycles. The molecule has 6 heteroatoms. The maximum atomic E-state index is 4.96. The van der Waals surface area contributed by atoms with E-state index in [9.17, 15) is 0 Å². The lowest BCUT2D eigenvalue weighted by Crippen LogP contribution is -1.97. The number of hydrogen-bond acceptors (Lipinski definition) is 6. The summed E-state index contributed by atoms with van der Waals surface area (Å²) in [6.07, 6.45) is 9.09. The Balaban J connectivity index is 0.000000180. The van der Waals surface area contributed by atoms with E-state index >= 15 is 0 Å². The first-order chi connectivity index (χ1) is 8.65. The second-order valence-corrected chi connectivity index (χ2v) is 8.06. The van der Waals surface area contributed by atoms with E-state index in [2.05, 4.69) is 37.4 Å². The third-order valence-corrected chi connectivity index (χ3v) is 5.36. The minimum Gasteiger partial charge on any atom is -0.318 e. The molecule has 2 nitrogen and oxygen atoms in total. The van der Waals surface area contributed by atoms with Crippen molar-refractivity contribution in [1.29, 1.82) is 0 Å². The average Bonchev–Trinajstić information content (AvgIpc) is 2.90. The molecule has 2 rings (SSSR count). The molecular formula is C12H22O2S4. The van der Waals surface area contributed by atoms with Gasteiger partial charge in [-0.2, -0.15) is 25.3 Å². The van der Waals surface area contributed by atoms with Crippen LogP contribution in [0, 0.1) is 0 Å². The van der Waals surface area contributed by atoms with Gasteiger partial charge in [-0.15, -0.1) is 0 Å². The summed E-state index contributed by atoms with van der Waals surface area (Å²) in [7, 11) is 3.43. The normalized spacial score (nSPS) is 34.4. The first-order valence-corrected chi connectivity index (χ1v) is 8.73. The molecule has 0 amide bonds. The number of rotatable bonds is 4. The van der Waals surface area contributed by atoms with Crippen LogP contribution in [0.25, 0.3) is 0 Å². The second-order valence-electron chi connectivity index (χ2n) is 4.34. The summed E-state index contributed by atoms with van der Waals surface area (Å²) < 4.78 is 9.86. The lowest BCUT2D eigenvalue weighted by atomic mass is 10.3. The van der Waals surface area contributed by atoms with E-state index in [0.717, 1.165) is 6.42 Å². The van der Waals surface area contributed by atoms with Crippen molar-refractivity contribution in [1.82, 2.24) is 0 Å². The Hall–Kier alpha value is 1.06. The summed E-state index contributed by atoms with van der Waals surface area (Å²) in [6, 6.07) is 0. The van der Waals surface area contributed by atoms with Gasteiger partial charge >= 0.3 is 0 Å². The molecule has 0 aromatic heterocycles. The molecule has 0 aliphatic heterocycles. The average molecular weight is 327 g/mol. The van der Waals surface area contributed by atoms with Gasteiger partial charge in [-0.05, 0) is 49.8 Å². The minimum absolute atomic E-state index is 0.442. The van der Waals surface area contributed by atoms with E-state index in [4.69, 9.17) is 8.37 Å². The van der Waals surface area contributed by atoms with Crippen LogP contribution in [0.2, 0.25) is 0 Å². The van der Waals surface area contributed by atoms with E-state index in [0.29, 0.717) is 21.0 Å². The van der Waals surface area contributed by atoms with Gasteiger partial charge in [0.2, 0.25) is 0 Å². The lowest BCUT2D eigenvalue weighted by Gasteiger charge is -2.03. The highest BCUT2D eigenvalue weighted by atomic mass is 32.2. The van der Waals surface area contributed by atoms with Crippen LogP contribution in [0.3, 0.4) is 0 Å². The van der Waals surface area contributed by atoms with Crippen molar-refractivity contribution in [2.45, 2.75) is 46.7 Å². The Bertz CT molecular complexity index is 248. The molecule has 0 bridgehead atoms. The van der Waals surface area contributed by atoms with Crippen molar-refractivity contribution in [3.8, 4) is 0 Å². The molecule has 0 spiro atoms. The van der Waals surface area contributed by atoms with Crippen molar-refractivity contribution in [3.05, 3.63) is 12.2 Å². The van der Waals surface area contributed by atoms with E-state index < -0.39 is 0 Å². The minimum atomic E-state index is 0.442. The molecule has 0 saturated heterocycles. The molecule has 1 fully saturated rings. The van der Waals surface area contributed by atoms with Crippen LogP contribution in [0.1, 0.15) is 25.7 Å². The van der Waals surface area contributed by atoms with Crippen LogP contribution >= 0.6 is 49.3 Å². The van der Waals surface area contributed by atoms with Crippen molar-refractivity contribution in [2.24, 2.45) is 0 Å². The summed E-state index contributed by atoms with van der Waals surface area (Å²) in [4.78, 5) is 0. The maximum absolute atomic E-state index is 4.96. The molecular weight excluding hydrogens is 304 g/mol. The molecule has 106 valence electrons. The standard InChI is InChI=1S/C6H12OS2.C6H10OS2/c2*1-7-9-6-3-2-5(8)4-6/h5-6,8H,2-4H2,1H3;2-3,5-6,8H,4H2,1H3. The molecule has 18 heavy (non-hydrogen) atoms. The van der Waals surface area contributed by atoms with Crippen molar-refractivity contribution >= 4 is 49.3 Å². The van der Waals surface area contributed by atoms with Crippen LogP contribution in [0.5, 0.6) is 0 Å². The predicted molar refractivity (Wildman–Crippen MR) is 89.9 cm³/mol. The first kappa shape index (κ1) is 17.1. The zero-order valence-electron chi connectivity index (χ0n) is 10.8. The van der Waals surface area contributed by atoms with Crippen molar-refractivity contribution in [3.63, 3.8) is 0 Å². The van der Waals surface area contributed by atoms with Gasteiger partial charge in [0.15, 0.2) is 0 Å². The zero-order valence-corrected chi connectivity index (χ0v) is 14.2. The SMILES string of the molecule is COSC1C=CC(S)C1.COSC1CCC(S)C1. The van der Waals surface area contributed by atoms with Gasteiger partial charge in [-0.25, -0.2) is 0 Å². The number of thiol groups is 2. The fourth-order valence-electron chi connectivity index (χ4n) is 1.98. The summed E-state index contributed by atoms with van der Waals surface area (Å²) in [5.41, 5.74) is 0. The summed E-state index contributed by atoms with van der Waals surface area (Å²) in [5, 5.41) is 2.30. The van der Waals surface area contributed by atoms with Gasteiger partial charge < -0.3 is 8.37 Å². The zero-order chi connectivity index (χ0) is 13.4. The van der Waals surface area contributed by atoms with E-state index in [1.807, 2.05) is 0 Å². The van der Waals surface area contributed by atoms with Gasteiger partial charge in [-0.3, -0.25) is 0 Å². The highest BCUT2D eigenvalue weighted by molar-refractivity contribution is 7.95. The first-order valence-electron chi connectivity index (χ1n) is 6.09. The highest BCUT2D eigenvalue weighted by Crippen LogP contribution is 2.32. The van der Waals surface area contributed by atoms with Crippen LogP contribution in [0.15, 0.2) is 12.2 Å². The van der Waals surface area contributed by atoms with E-state index in [1.165, 1.54) is 31.3 Å². The molecule has 0 aromatic rings. The highest BCUT2D eigenvalue weighted by Gasteiger charge is 2.22. The third-order valence-electron chi connectivity index (χ3n) is 2.83. The molecule has 0 N–H and O–H groups in total. The molecule has 4 atom stereocenters. The molecule has 2 aliphatic rings. The lowest BCUT2D eigenvalue weighted by molar-refractivity contribution is 0.483. The smallest absolute Gasteiger partial charge is 0.0504 e. The Kier molecular flexibility index (Phi) is 9.40. The second kappa shape index (κ2) is 9.88. The molecule has 2 aliphatic carbocycles. The van der Waals surface area contributed by atoms with E-state index in [-0.39, 0.29) is 0 Å². The molecule has 4 unspecified atom stereocenters. The topological polar surface area (TPSA) is 18.5 Å². The number of hydrogen-bond donors (Lipinski definition) is 2. The van der Waals surface area contributed by atoms with Crippen LogP contribution in [0.4, 0.5) is 0 Å². The van der Waals surface area contributed by atoms with Gasteiger partial charge in [0.1, 0.15) is 0 Å². The van der Waals surface area contributed by atoms with Gasteiger partial charge in [0, 0.05) is 15.7 Å². The Morgan fingerprint density at radius 2 is 1.72 bits per heavy atom. The van der Waals surface area contributed by atoms with Crippen LogP contribution in [-0.4, -0.2) is 35.2 Å². The van der Waals surface area contributed by atoms with Crippen LogP contribution in [-0.2, 0) is 8.37 Å². The van der Waals surface area contributed by atoms with Crippen molar-refractivity contribution < 1.29 is 8.37 Å². The quantitative estimate of drug-likeness (QED) is 0.461. The van der Waals surface area contributed by atoms with E-state index in [1.54, 1.807) is 26.3 Å². The maximum Gasteiger partial charge on any atom is 0.0504 e. The Morgan fingerprint density at radius 1 is 1.00 bits per heavy atom. The summed E-state index contributed by atoms with van der Waals surface area (Å²) >= 11 is 11.8. The largest absolute Gasteiger partial charge is 0.318 e. The van der Waals surface area contributed by atoms with Crippen LogP contribution < -0.4 is 0 Å². The molecule has 0 heterocycles. The Labute approximate surface area is 130 Å². The Morgan fingerprint density at radius 3 is 2.17 bits per heavy atom. The fraction of sp³-hybridized carbons (Fsp3) is 0.833. The van der Waals surface area contributed by atoms with Gasteiger partial charge in [0.05, 0.1) is 19.5 Å². The van der Waals surface area contributed by atoms with Gasteiger partial charge in [0.25, 0.3) is 0 Å².